The average Bonchev–Trinajstić information content (AvgIpc) is 2.50. The Balaban J connectivity index is 1.93. The van der Waals surface area contributed by atoms with E-state index in [4.69, 9.17) is 23.2 Å². The first kappa shape index (κ1) is 16.3. The Morgan fingerprint density at radius 1 is 1.00 bits per heavy atom. The minimum atomic E-state index is -0.880. The van der Waals surface area contributed by atoms with Crippen LogP contribution in [0.2, 0.25) is 10.0 Å². The Kier molecular flexibility index (Phi) is 5.35. The lowest BCUT2D eigenvalue weighted by Gasteiger charge is -2.08. The molecule has 0 atom stereocenters. The number of benzene rings is 2. The monoisotopic (exact) mass is 340 g/mol. The molecule has 0 heterocycles. The molecule has 0 saturated carbocycles. The Morgan fingerprint density at radius 3 is 2.41 bits per heavy atom. The number of carbonyl (C=O) groups excluding carboxylic acids is 2. The Morgan fingerprint density at radius 2 is 1.73 bits per heavy atom. The molecule has 0 aliphatic rings. The molecule has 2 rings (SSSR count). The second-order valence-corrected chi connectivity index (χ2v) is 5.17. The molecule has 2 aromatic carbocycles. The number of hydrogen-bond acceptors (Lipinski definition) is 2. The van der Waals surface area contributed by atoms with Gasteiger partial charge in [0, 0.05) is 17.8 Å². The van der Waals surface area contributed by atoms with Crippen LogP contribution >= 0.6 is 23.2 Å². The zero-order valence-electron chi connectivity index (χ0n) is 11.2. The normalized spacial score (nSPS) is 10.1. The largest absolute Gasteiger partial charge is 0.344 e. The van der Waals surface area contributed by atoms with Crippen molar-refractivity contribution in [3.05, 3.63) is 63.9 Å². The highest BCUT2D eigenvalue weighted by Gasteiger charge is 2.14. The van der Waals surface area contributed by atoms with E-state index in [1.807, 2.05) is 0 Å². The second-order valence-electron chi connectivity index (χ2n) is 4.36. The van der Waals surface area contributed by atoms with Crippen molar-refractivity contribution in [3.8, 4) is 0 Å². The summed E-state index contributed by atoms with van der Waals surface area (Å²) in [6.07, 6.45) is 0. The van der Waals surface area contributed by atoms with E-state index in [-0.39, 0.29) is 17.1 Å². The molecule has 2 N–H and O–H groups in total. The van der Waals surface area contributed by atoms with Gasteiger partial charge in [-0.15, -0.1) is 0 Å². The van der Waals surface area contributed by atoms with Crippen molar-refractivity contribution in [3.63, 3.8) is 0 Å². The summed E-state index contributed by atoms with van der Waals surface area (Å²) in [7, 11) is 0. The maximum absolute atomic E-state index is 13.4. The van der Waals surface area contributed by atoms with Crippen LogP contribution in [0.15, 0.2) is 42.5 Å². The minimum absolute atomic E-state index is 0.0830. The number of anilines is 1. The molecule has 0 radical (unpaired) electrons. The van der Waals surface area contributed by atoms with Crippen LogP contribution in [0.4, 0.5) is 10.1 Å². The van der Waals surface area contributed by atoms with E-state index in [0.29, 0.717) is 10.7 Å². The van der Waals surface area contributed by atoms with E-state index in [0.717, 1.165) is 0 Å². The molecule has 4 nitrogen and oxygen atoms in total. The Labute approximate surface area is 136 Å². The van der Waals surface area contributed by atoms with E-state index < -0.39 is 17.6 Å². The van der Waals surface area contributed by atoms with E-state index in [9.17, 15) is 14.0 Å². The molecule has 2 amide bonds. The third kappa shape index (κ3) is 4.19. The van der Waals surface area contributed by atoms with Crippen LogP contribution in [-0.2, 0) is 16.1 Å². The van der Waals surface area contributed by atoms with Gasteiger partial charge >= 0.3 is 11.8 Å². The van der Waals surface area contributed by atoms with E-state index in [1.54, 1.807) is 6.07 Å². The average molecular weight is 341 g/mol. The number of hydrogen-bond donors (Lipinski definition) is 2. The molecule has 0 fully saturated rings. The van der Waals surface area contributed by atoms with Gasteiger partial charge in [-0.2, -0.15) is 0 Å². The Hall–Kier alpha value is -2.11. The van der Waals surface area contributed by atoms with Gasteiger partial charge in [-0.05, 0) is 24.3 Å². The summed E-state index contributed by atoms with van der Waals surface area (Å²) in [6, 6.07) is 10.4. The first-order chi connectivity index (χ1) is 10.5. The molecule has 0 aliphatic heterocycles. The SMILES string of the molecule is O=C(NCc1ccccc1F)C(=O)Nc1ccc(Cl)c(Cl)c1. The predicted octanol–water partition coefficient (Wildman–Crippen LogP) is 3.39. The molecule has 0 bridgehead atoms. The van der Waals surface area contributed by atoms with Gasteiger partial charge in [0.1, 0.15) is 5.82 Å². The molecule has 7 heteroatoms. The van der Waals surface area contributed by atoms with Crippen LogP contribution in [0, 0.1) is 5.82 Å². The lowest BCUT2D eigenvalue weighted by molar-refractivity contribution is -0.136. The molecule has 0 unspecified atom stereocenters. The molecule has 0 aliphatic carbocycles. The zero-order chi connectivity index (χ0) is 16.1. The first-order valence-electron chi connectivity index (χ1n) is 6.25. The third-order valence-corrected chi connectivity index (χ3v) is 3.52. The summed E-state index contributed by atoms with van der Waals surface area (Å²) in [4.78, 5) is 23.4. The lowest BCUT2D eigenvalue weighted by atomic mass is 10.2. The summed E-state index contributed by atoms with van der Waals surface area (Å²) in [5.41, 5.74) is 0.624. The van der Waals surface area contributed by atoms with Gasteiger partial charge in [-0.25, -0.2) is 4.39 Å². The molecule has 22 heavy (non-hydrogen) atoms. The number of amides is 2. The maximum Gasteiger partial charge on any atom is 0.313 e. The van der Waals surface area contributed by atoms with Crippen LogP contribution in [0.25, 0.3) is 0 Å². The van der Waals surface area contributed by atoms with Gasteiger partial charge in [-0.1, -0.05) is 41.4 Å². The smallest absolute Gasteiger partial charge is 0.313 e. The quantitative estimate of drug-likeness (QED) is 0.841. The van der Waals surface area contributed by atoms with Gasteiger partial charge in [-0.3, -0.25) is 9.59 Å². The fourth-order valence-electron chi connectivity index (χ4n) is 1.66. The van der Waals surface area contributed by atoms with Gasteiger partial charge in [0.05, 0.1) is 10.0 Å². The predicted molar refractivity (Wildman–Crippen MR) is 83.3 cm³/mol. The molecular formula is C15H11Cl2FN2O2. The molecular weight excluding hydrogens is 330 g/mol. The van der Waals surface area contributed by atoms with Crippen LogP contribution in [0.5, 0.6) is 0 Å². The van der Waals surface area contributed by atoms with Gasteiger partial charge in [0.25, 0.3) is 0 Å². The molecule has 114 valence electrons. The maximum atomic E-state index is 13.4. The van der Waals surface area contributed by atoms with Crippen LogP contribution in [-0.4, -0.2) is 11.8 Å². The van der Waals surface area contributed by atoms with Crippen molar-refractivity contribution in [2.45, 2.75) is 6.54 Å². The standard InChI is InChI=1S/C15H11Cl2FN2O2/c16-11-6-5-10(7-12(11)17)20-15(22)14(21)19-8-9-3-1-2-4-13(9)18/h1-7H,8H2,(H,19,21)(H,20,22). The van der Waals surface area contributed by atoms with E-state index in [2.05, 4.69) is 10.6 Å². The number of halogens is 3. The van der Waals surface area contributed by atoms with Crippen LogP contribution in [0.3, 0.4) is 0 Å². The lowest BCUT2D eigenvalue weighted by Crippen LogP contribution is -2.35. The van der Waals surface area contributed by atoms with Crippen LogP contribution < -0.4 is 10.6 Å². The highest BCUT2D eigenvalue weighted by molar-refractivity contribution is 6.42. The van der Waals surface area contributed by atoms with Gasteiger partial charge in [0.15, 0.2) is 0 Å². The molecule has 0 spiro atoms. The van der Waals surface area contributed by atoms with E-state index >= 15 is 0 Å². The van der Waals surface area contributed by atoms with Crippen molar-refractivity contribution >= 4 is 40.7 Å². The first-order valence-corrected chi connectivity index (χ1v) is 7.00. The minimum Gasteiger partial charge on any atom is -0.344 e. The second kappa shape index (κ2) is 7.24. The highest BCUT2D eigenvalue weighted by atomic mass is 35.5. The summed E-state index contributed by atoms with van der Waals surface area (Å²) in [5, 5.41) is 5.30. The highest BCUT2D eigenvalue weighted by Crippen LogP contribution is 2.24. The van der Waals surface area contributed by atoms with Crippen LogP contribution in [0.1, 0.15) is 5.56 Å². The van der Waals surface area contributed by atoms with Crippen molar-refractivity contribution in [1.82, 2.24) is 5.32 Å². The van der Waals surface area contributed by atoms with Crippen molar-refractivity contribution in [2.24, 2.45) is 0 Å². The van der Waals surface area contributed by atoms with Gasteiger partial charge < -0.3 is 10.6 Å². The number of carbonyl (C=O) groups is 2. The summed E-state index contributed by atoms with van der Waals surface area (Å²) in [5.74, 6) is -2.21. The molecule has 0 saturated heterocycles. The molecule has 2 aromatic rings. The summed E-state index contributed by atoms with van der Waals surface area (Å²) < 4.78 is 13.4. The summed E-state index contributed by atoms with van der Waals surface area (Å²) in [6.45, 7) is -0.0830. The van der Waals surface area contributed by atoms with Crippen molar-refractivity contribution < 1.29 is 14.0 Å². The van der Waals surface area contributed by atoms with Gasteiger partial charge in [0.2, 0.25) is 0 Å². The topological polar surface area (TPSA) is 58.2 Å². The fourth-order valence-corrected chi connectivity index (χ4v) is 1.96. The summed E-state index contributed by atoms with van der Waals surface area (Å²) >= 11 is 11.6. The number of rotatable bonds is 3. The third-order valence-electron chi connectivity index (χ3n) is 2.78. The Bertz CT molecular complexity index is 722. The van der Waals surface area contributed by atoms with E-state index in [1.165, 1.54) is 36.4 Å². The van der Waals surface area contributed by atoms with Crippen molar-refractivity contribution in [1.29, 1.82) is 0 Å². The molecule has 0 aromatic heterocycles. The fraction of sp³-hybridized carbons (Fsp3) is 0.0667. The number of nitrogens with one attached hydrogen (secondary N) is 2. The zero-order valence-corrected chi connectivity index (χ0v) is 12.7. The van der Waals surface area contributed by atoms with Crippen molar-refractivity contribution in [2.75, 3.05) is 5.32 Å².